The molecule has 0 N–H and O–H groups in total. The van der Waals surface area contributed by atoms with Crippen molar-refractivity contribution in [3.63, 3.8) is 0 Å². The maximum Gasteiger partial charge on any atom is 0.238 e. The smallest absolute Gasteiger partial charge is 0.238 e. The summed E-state index contributed by atoms with van der Waals surface area (Å²) in [5, 5.41) is 0. The van der Waals surface area contributed by atoms with Crippen LogP contribution in [0.5, 0.6) is 5.75 Å². The Labute approximate surface area is 181 Å². The van der Waals surface area contributed by atoms with Gasteiger partial charge in [-0.25, -0.2) is 8.42 Å². The number of benzene rings is 2. The van der Waals surface area contributed by atoms with E-state index in [4.69, 9.17) is 4.74 Å². The van der Waals surface area contributed by atoms with Crippen molar-refractivity contribution in [3.05, 3.63) is 64.1 Å². The van der Waals surface area contributed by atoms with Crippen LogP contribution in [0.4, 0.5) is 0 Å². The summed E-state index contributed by atoms with van der Waals surface area (Å²) in [6.45, 7) is 2.41. The molecule has 0 spiro atoms. The molecular formula is C22H26BrNO4S. The first-order chi connectivity index (χ1) is 13.8. The summed E-state index contributed by atoms with van der Waals surface area (Å²) >= 11 is 3.35. The van der Waals surface area contributed by atoms with E-state index in [1.165, 1.54) is 0 Å². The maximum absolute atomic E-state index is 13.0. The number of carbonyl (C=O) groups excluding carboxylic acids is 1. The molecule has 5 nitrogen and oxygen atoms in total. The Morgan fingerprint density at radius 2 is 1.86 bits per heavy atom. The van der Waals surface area contributed by atoms with Gasteiger partial charge in [0.05, 0.1) is 12.9 Å². The van der Waals surface area contributed by atoms with Crippen LogP contribution in [0.2, 0.25) is 0 Å². The number of hydrogen-bond donors (Lipinski definition) is 0. The molecule has 0 bridgehead atoms. The molecule has 2 aromatic carbocycles. The molecule has 1 saturated carbocycles. The fraction of sp³-hybridized carbons (Fsp3) is 0.409. The number of nitrogens with zero attached hydrogens (tertiary/aromatic N) is 1. The summed E-state index contributed by atoms with van der Waals surface area (Å²) in [5.41, 5.74) is 1.63. The minimum absolute atomic E-state index is 0.0191. The summed E-state index contributed by atoms with van der Waals surface area (Å²) < 4.78 is 31.4. The second kappa shape index (κ2) is 9.30. The zero-order valence-electron chi connectivity index (χ0n) is 16.7. The van der Waals surface area contributed by atoms with Crippen molar-refractivity contribution in [2.24, 2.45) is 5.92 Å². The Morgan fingerprint density at radius 3 is 2.45 bits per heavy atom. The van der Waals surface area contributed by atoms with E-state index < -0.39 is 15.6 Å². The van der Waals surface area contributed by atoms with Gasteiger partial charge in [0, 0.05) is 17.1 Å². The zero-order valence-corrected chi connectivity index (χ0v) is 19.1. The second-order valence-corrected chi connectivity index (χ2v) is 10.6. The molecule has 1 amide bonds. The fourth-order valence-corrected chi connectivity index (χ4v) is 5.20. The molecule has 7 heteroatoms. The first kappa shape index (κ1) is 21.8. The summed E-state index contributed by atoms with van der Waals surface area (Å²) in [7, 11) is -1.96. The highest BCUT2D eigenvalue weighted by Gasteiger charge is 2.35. The lowest BCUT2D eigenvalue weighted by molar-refractivity contribution is -0.131. The third kappa shape index (κ3) is 6.31. The molecule has 1 unspecified atom stereocenters. The number of sulfone groups is 1. The zero-order chi connectivity index (χ0) is 21.0. The van der Waals surface area contributed by atoms with Gasteiger partial charge in [0.25, 0.3) is 0 Å². The minimum atomic E-state index is -3.57. The number of halogens is 1. The van der Waals surface area contributed by atoms with E-state index in [9.17, 15) is 13.2 Å². The average Bonchev–Trinajstić information content (AvgIpc) is 3.50. The van der Waals surface area contributed by atoms with Crippen LogP contribution in [-0.4, -0.2) is 38.1 Å². The molecule has 0 heterocycles. The van der Waals surface area contributed by atoms with Crippen LogP contribution < -0.4 is 4.74 Å². The van der Waals surface area contributed by atoms with Crippen molar-refractivity contribution in [3.8, 4) is 5.75 Å². The highest BCUT2D eigenvalue weighted by Crippen LogP contribution is 2.36. The van der Waals surface area contributed by atoms with Gasteiger partial charge < -0.3 is 9.64 Å². The summed E-state index contributed by atoms with van der Waals surface area (Å²) in [4.78, 5) is 14.8. The molecule has 0 radical (unpaired) electrons. The average molecular weight is 480 g/mol. The van der Waals surface area contributed by atoms with Gasteiger partial charge in [0.1, 0.15) is 11.5 Å². The molecule has 1 aliphatic carbocycles. The van der Waals surface area contributed by atoms with Crippen LogP contribution in [-0.2, 0) is 26.9 Å². The Balaban J connectivity index is 1.73. The van der Waals surface area contributed by atoms with Gasteiger partial charge in [0.2, 0.25) is 5.91 Å². The highest BCUT2D eigenvalue weighted by atomic mass is 79.9. The van der Waals surface area contributed by atoms with Crippen LogP contribution in [0.3, 0.4) is 0 Å². The first-order valence-corrected chi connectivity index (χ1v) is 12.3. The number of rotatable bonds is 9. The molecule has 29 heavy (non-hydrogen) atoms. The summed E-state index contributed by atoms with van der Waals surface area (Å²) in [6.07, 6.45) is 2.16. The van der Waals surface area contributed by atoms with E-state index in [2.05, 4.69) is 15.9 Å². The van der Waals surface area contributed by atoms with E-state index in [0.29, 0.717) is 18.0 Å². The van der Waals surface area contributed by atoms with Gasteiger partial charge in [-0.1, -0.05) is 40.2 Å². The van der Waals surface area contributed by atoms with Crippen LogP contribution >= 0.6 is 15.9 Å². The van der Waals surface area contributed by atoms with Crippen molar-refractivity contribution < 1.29 is 17.9 Å². The number of methoxy groups -OCH3 is 1. The summed E-state index contributed by atoms with van der Waals surface area (Å²) in [5.74, 6) is 0.234. The quantitative estimate of drug-likeness (QED) is 0.540. The lowest BCUT2D eigenvalue weighted by atomic mass is 10.1. The molecule has 0 aromatic heterocycles. The third-order valence-corrected chi connectivity index (χ3v) is 7.20. The Kier molecular flexibility index (Phi) is 7.01. The Morgan fingerprint density at radius 1 is 1.17 bits per heavy atom. The Hall–Kier alpha value is -1.86. The summed E-state index contributed by atoms with van der Waals surface area (Å²) in [6, 6.07) is 14.7. The second-order valence-electron chi connectivity index (χ2n) is 7.61. The molecule has 1 fully saturated rings. The van der Waals surface area contributed by atoms with Crippen molar-refractivity contribution in [1.29, 1.82) is 0 Å². The molecule has 156 valence electrons. The standard InChI is InChI=1S/C22H26BrNO4S/c1-16(19-8-9-19)24(13-17-6-10-21(28-2)11-7-17)22(25)15-29(26,27)14-18-4-3-5-20(23)12-18/h3-7,10-12,16,19H,8-9,13-15H2,1-2H3. The lowest BCUT2D eigenvalue weighted by Crippen LogP contribution is -2.42. The topological polar surface area (TPSA) is 63.7 Å². The van der Waals surface area contributed by atoms with E-state index in [1.54, 1.807) is 30.2 Å². The normalized spacial score (nSPS) is 15.0. The van der Waals surface area contributed by atoms with Gasteiger partial charge in [0.15, 0.2) is 9.84 Å². The van der Waals surface area contributed by atoms with Crippen molar-refractivity contribution in [2.45, 2.75) is 38.1 Å². The van der Waals surface area contributed by atoms with E-state index in [1.807, 2.05) is 37.3 Å². The highest BCUT2D eigenvalue weighted by molar-refractivity contribution is 9.10. The lowest BCUT2D eigenvalue weighted by Gasteiger charge is -2.29. The number of amides is 1. The van der Waals surface area contributed by atoms with Gasteiger partial charge in [-0.3, -0.25) is 4.79 Å². The first-order valence-electron chi connectivity index (χ1n) is 9.64. The van der Waals surface area contributed by atoms with E-state index in [-0.39, 0.29) is 17.7 Å². The van der Waals surface area contributed by atoms with Gasteiger partial charge in [-0.15, -0.1) is 0 Å². The molecule has 1 aliphatic rings. The molecule has 2 aromatic rings. The van der Waals surface area contributed by atoms with Crippen molar-refractivity contribution in [2.75, 3.05) is 12.9 Å². The minimum Gasteiger partial charge on any atom is -0.497 e. The third-order valence-electron chi connectivity index (χ3n) is 5.25. The molecule has 1 atom stereocenters. The van der Waals surface area contributed by atoms with Crippen molar-refractivity contribution in [1.82, 2.24) is 4.90 Å². The van der Waals surface area contributed by atoms with Crippen LogP contribution in [0.15, 0.2) is 53.0 Å². The number of carbonyl (C=O) groups is 1. The predicted molar refractivity (Wildman–Crippen MR) is 117 cm³/mol. The van der Waals surface area contributed by atoms with Crippen molar-refractivity contribution >= 4 is 31.7 Å². The number of hydrogen-bond acceptors (Lipinski definition) is 4. The van der Waals surface area contributed by atoms with Gasteiger partial charge in [-0.2, -0.15) is 0 Å². The van der Waals surface area contributed by atoms with Crippen LogP contribution in [0, 0.1) is 5.92 Å². The monoisotopic (exact) mass is 479 g/mol. The molecule has 0 aliphatic heterocycles. The van der Waals surface area contributed by atoms with Crippen LogP contribution in [0.25, 0.3) is 0 Å². The predicted octanol–water partition coefficient (Wildman–Crippen LogP) is 4.20. The van der Waals surface area contributed by atoms with Gasteiger partial charge >= 0.3 is 0 Å². The van der Waals surface area contributed by atoms with Crippen LogP contribution in [0.1, 0.15) is 30.9 Å². The number of ether oxygens (including phenoxy) is 1. The molecule has 0 saturated heterocycles. The van der Waals surface area contributed by atoms with Gasteiger partial charge in [-0.05, 0) is 61.1 Å². The SMILES string of the molecule is COc1ccc(CN(C(=O)CS(=O)(=O)Cc2cccc(Br)c2)C(C)C2CC2)cc1. The molecular weight excluding hydrogens is 454 g/mol. The fourth-order valence-electron chi connectivity index (χ4n) is 3.42. The maximum atomic E-state index is 13.0. The Bertz CT molecular complexity index is 955. The van der Waals surface area contributed by atoms with E-state index >= 15 is 0 Å². The van der Waals surface area contributed by atoms with E-state index in [0.717, 1.165) is 28.6 Å². The largest absolute Gasteiger partial charge is 0.497 e. The molecule has 3 rings (SSSR count).